The fourth-order valence-electron chi connectivity index (χ4n) is 3.11. The van der Waals surface area contributed by atoms with Gasteiger partial charge in [0.1, 0.15) is 0 Å². The first-order valence-corrected chi connectivity index (χ1v) is 7.16. The van der Waals surface area contributed by atoms with Crippen molar-refractivity contribution in [2.75, 3.05) is 19.5 Å². The number of benzene rings is 1. The predicted octanol–water partition coefficient (Wildman–Crippen LogP) is 3.21. The third-order valence-electron chi connectivity index (χ3n) is 4.19. The maximum atomic E-state index is 7.50. The summed E-state index contributed by atoms with van der Waals surface area (Å²) in [5.74, 6) is 2.04. The van der Waals surface area contributed by atoms with E-state index in [2.05, 4.69) is 63.4 Å². The maximum Gasteiger partial charge on any atom is 0 e. The smallest absolute Gasteiger partial charge is 0 e. The second-order valence-corrected chi connectivity index (χ2v) is 5.07. The Labute approximate surface area is 164 Å². The van der Waals surface area contributed by atoms with Crippen molar-refractivity contribution in [3.8, 4) is 11.5 Å². The molecule has 1 aromatic rings. The van der Waals surface area contributed by atoms with E-state index in [0.29, 0.717) is 12.0 Å². The minimum Gasteiger partial charge on any atom is 0 e. The average Bonchev–Trinajstić information content (AvgIpc) is 3.09. The largest absolute Gasteiger partial charge is 0 e. The van der Waals surface area contributed by atoms with Gasteiger partial charge in [0, 0.05) is 34.2 Å². The fraction of sp³-hybridized carbons (Fsp3) is 0.316. The van der Waals surface area contributed by atoms with Crippen molar-refractivity contribution in [3.05, 3.63) is 60.9 Å². The third-order valence-corrected chi connectivity index (χ3v) is 4.19. The van der Waals surface area contributed by atoms with Crippen LogP contribution < -0.4 is 14.8 Å². The summed E-state index contributed by atoms with van der Waals surface area (Å²) in [6.07, 6.45) is 8.61. The van der Waals surface area contributed by atoms with Gasteiger partial charge in [-0.15, -0.1) is 0 Å². The number of fused-ring (bicyclic) bond motifs is 3. The topological polar surface area (TPSA) is 90.2 Å². The van der Waals surface area contributed by atoms with Crippen LogP contribution in [-0.2, 0) is 31.0 Å². The van der Waals surface area contributed by atoms with Crippen LogP contribution >= 0.6 is 0 Å². The molecule has 0 aromatic heterocycles. The number of hydrogen-bond acceptors (Lipinski definition) is 3. The van der Waals surface area contributed by atoms with E-state index in [4.69, 9.17) is 23.4 Å². The van der Waals surface area contributed by atoms with Crippen LogP contribution in [0.3, 0.4) is 0 Å². The number of hydrogen-bond donors (Lipinski definition) is 1. The Hall–Kier alpha value is -2.16. The van der Waals surface area contributed by atoms with Gasteiger partial charge in [0.2, 0.25) is 0 Å². The first-order chi connectivity index (χ1) is 12.2. The van der Waals surface area contributed by atoms with Crippen LogP contribution in [0.2, 0.25) is 0 Å². The zero-order valence-corrected chi connectivity index (χ0v) is 16.0. The molecule has 7 heteroatoms. The zero-order chi connectivity index (χ0) is 19.6. The molecule has 0 saturated heterocycles. The Bertz CT molecular complexity index is 705. The normalized spacial score (nSPS) is 16.8. The summed E-state index contributed by atoms with van der Waals surface area (Å²) in [5.41, 5.74) is 4.79. The molecule has 0 radical (unpaired) electrons. The molecule has 138 valence electrons. The number of allylic oxidation sites excluding steroid dienone is 2. The molecule has 6 nitrogen and oxygen atoms in total. The molecule has 26 heavy (non-hydrogen) atoms. The summed E-state index contributed by atoms with van der Waals surface area (Å²) in [7, 11) is 3.41. The number of anilines is 1. The fourth-order valence-corrected chi connectivity index (χ4v) is 3.11. The first kappa shape index (κ1) is 26.1. The van der Waals surface area contributed by atoms with Gasteiger partial charge in [-0.25, -0.2) is 0 Å². The molecule has 1 aromatic carbocycles. The van der Waals surface area contributed by atoms with Crippen molar-refractivity contribution in [1.29, 1.82) is 0 Å². The van der Waals surface area contributed by atoms with Crippen LogP contribution in [0, 0.1) is 33.8 Å². The van der Waals surface area contributed by atoms with E-state index >= 15 is 0 Å². The monoisotopic (exact) mass is 397 g/mol. The van der Waals surface area contributed by atoms with Crippen LogP contribution in [0.5, 0.6) is 11.5 Å². The van der Waals surface area contributed by atoms with Gasteiger partial charge < -0.3 is 14.8 Å². The molecule has 3 rings (SSSR count). The first-order valence-electron chi connectivity index (χ1n) is 7.16. The van der Waals surface area contributed by atoms with Gasteiger partial charge in [-0.3, -0.25) is 0 Å². The van der Waals surface area contributed by atoms with Gasteiger partial charge in [0.15, 0.2) is 11.5 Å². The second kappa shape index (κ2) is 13.1. The Morgan fingerprint density at radius 1 is 0.846 bits per heavy atom. The minimum absolute atomic E-state index is 0. The Morgan fingerprint density at radius 3 is 1.85 bits per heavy atom. The van der Waals surface area contributed by atoms with Gasteiger partial charge in [-0.1, -0.05) is 24.3 Å². The van der Waals surface area contributed by atoms with Gasteiger partial charge in [-0.2, -0.15) is 0 Å². The van der Waals surface area contributed by atoms with Crippen molar-refractivity contribution < 1.29 is 40.5 Å². The summed E-state index contributed by atoms with van der Waals surface area (Å²) >= 11 is 0. The van der Waals surface area contributed by atoms with Crippen LogP contribution in [-0.4, -0.2) is 20.3 Å². The van der Waals surface area contributed by atoms with E-state index in [1.54, 1.807) is 14.2 Å². The van der Waals surface area contributed by atoms with Crippen LogP contribution in [0.15, 0.2) is 24.3 Å². The van der Waals surface area contributed by atoms with Gasteiger partial charge in [-0.05, 0) is 25.0 Å². The molecule has 0 bridgehead atoms. The van der Waals surface area contributed by atoms with E-state index < -0.39 is 0 Å². The number of rotatable bonds is 2. The van der Waals surface area contributed by atoms with E-state index in [1.807, 2.05) is 0 Å². The van der Waals surface area contributed by atoms with E-state index in [0.717, 1.165) is 17.1 Å². The SMILES string of the molecule is COc1c(C)c(C)c2c(c1OC)[C@H]1C=CC=C[C@H]1N2.[C-]#[O+].[C-]#[O+].[C-]#[O+].[Fe]. The third kappa shape index (κ3) is 4.72. The number of ether oxygens (including phenoxy) is 2. The molecule has 0 fully saturated rings. The van der Waals surface area contributed by atoms with E-state index in [-0.39, 0.29) is 17.1 Å². The van der Waals surface area contributed by atoms with Gasteiger partial charge in [0.05, 0.1) is 20.3 Å². The summed E-state index contributed by atoms with van der Waals surface area (Å²) in [5, 5.41) is 3.60. The van der Waals surface area contributed by atoms with Crippen LogP contribution in [0.1, 0.15) is 22.6 Å². The number of nitrogens with one attached hydrogen (secondary N) is 1. The van der Waals surface area contributed by atoms with Crippen LogP contribution in [0.4, 0.5) is 5.69 Å². The molecule has 2 aliphatic rings. The van der Waals surface area contributed by atoms with Gasteiger partial charge >= 0.3 is 33.9 Å². The van der Waals surface area contributed by atoms with E-state index in [9.17, 15) is 0 Å². The number of methoxy groups -OCH3 is 2. The molecule has 0 saturated carbocycles. The zero-order valence-electron chi connectivity index (χ0n) is 14.9. The molecular formula is C19H19FeNO5. The van der Waals surface area contributed by atoms with Crippen LogP contribution in [0.25, 0.3) is 0 Å². The summed E-state index contributed by atoms with van der Waals surface area (Å²) in [6.45, 7) is 17.7. The van der Waals surface area contributed by atoms with Crippen molar-refractivity contribution in [1.82, 2.24) is 0 Å². The van der Waals surface area contributed by atoms with E-state index in [1.165, 1.54) is 16.8 Å². The average molecular weight is 397 g/mol. The maximum absolute atomic E-state index is 7.50. The summed E-state index contributed by atoms with van der Waals surface area (Å²) < 4.78 is 33.7. The van der Waals surface area contributed by atoms with Gasteiger partial charge in [0.25, 0.3) is 0 Å². The molecule has 1 aliphatic heterocycles. The summed E-state index contributed by atoms with van der Waals surface area (Å²) in [6, 6.07) is 0.319. The van der Waals surface area contributed by atoms with Crippen molar-refractivity contribution in [2.24, 2.45) is 0 Å². The summed E-state index contributed by atoms with van der Waals surface area (Å²) in [4.78, 5) is 0. The molecule has 0 unspecified atom stereocenters. The quantitative estimate of drug-likeness (QED) is 0.472. The standard InChI is InChI=1S/C16H19NO2.3CO.Fe/c1-9-10(2)15(18-3)16(19-4)13-11-7-5-6-8-12(11)17-14(9)13;3*1-2;/h5-8,11-12,17H,1-4H3;;;;/t11-,12+;;;;/m0..../s1. The molecule has 1 aliphatic carbocycles. The molecule has 0 spiro atoms. The molecule has 1 heterocycles. The Kier molecular flexibility index (Phi) is 13.1. The molecule has 0 amide bonds. The molecule has 2 atom stereocenters. The van der Waals surface area contributed by atoms with Crippen molar-refractivity contribution >= 4 is 5.69 Å². The second-order valence-electron chi connectivity index (χ2n) is 5.07. The Morgan fingerprint density at radius 2 is 1.35 bits per heavy atom. The van der Waals surface area contributed by atoms with Crippen molar-refractivity contribution in [3.63, 3.8) is 0 Å². The van der Waals surface area contributed by atoms with Crippen molar-refractivity contribution in [2.45, 2.75) is 25.8 Å². The predicted molar refractivity (Wildman–Crippen MR) is 89.2 cm³/mol. The Balaban J connectivity index is 0. The minimum atomic E-state index is 0. The molecular weight excluding hydrogens is 378 g/mol. The molecule has 1 N–H and O–H groups in total.